The van der Waals surface area contributed by atoms with E-state index in [-0.39, 0.29) is 0 Å². The molecule has 1 rings (SSSR count). The molecule has 0 spiro atoms. The summed E-state index contributed by atoms with van der Waals surface area (Å²) in [5.41, 5.74) is 1.43. The summed E-state index contributed by atoms with van der Waals surface area (Å²) in [6.45, 7) is 6.23. The molecule has 0 aromatic rings. The lowest BCUT2D eigenvalue weighted by atomic mass is 10.1. The van der Waals surface area contributed by atoms with Gasteiger partial charge >= 0.3 is 0 Å². The Kier molecular flexibility index (Phi) is 4.46. The van der Waals surface area contributed by atoms with Gasteiger partial charge in [0.25, 0.3) is 0 Å². The molecule has 0 aromatic heterocycles. The van der Waals surface area contributed by atoms with Gasteiger partial charge in [0.1, 0.15) is 0 Å². The normalized spacial score (nSPS) is 20.4. The monoisotopic (exact) mass is 183 g/mol. The minimum absolute atomic E-state index is 0.533. The number of ether oxygens (including phenoxy) is 1. The SMILES string of the molecule is COCC(C)/C=C(/C)CNC1CC1. The van der Waals surface area contributed by atoms with Gasteiger partial charge in [0.15, 0.2) is 0 Å². The van der Waals surface area contributed by atoms with Crippen molar-refractivity contribution in [1.82, 2.24) is 5.32 Å². The maximum atomic E-state index is 5.08. The third-order valence-electron chi connectivity index (χ3n) is 2.25. The molecule has 0 bridgehead atoms. The summed E-state index contributed by atoms with van der Waals surface area (Å²) in [4.78, 5) is 0. The Bertz CT molecular complexity index is 173. The summed E-state index contributed by atoms with van der Waals surface area (Å²) in [6, 6.07) is 0.807. The highest BCUT2D eigenvalue weighted by atomic mass is 16.5. The zero-order valence-electron chi connectivity index (χ0n) is 8.97. The molecule has 1 N–H and O–H groups in total. The van der Waals surface area contributed by atoms with Crippen LogP contribution in [0, 0.1) is 5.92 Å². The van der Waals surface area contributed by atoms with Crippen molar-refractivity contribution in [3.05, 3.63) is 11.6 Å². The van der Waals surface area contributed by atoms with Gasteiger partial charge in [-0.3, -0.25) is 0 Å². The first-order chi connectivity index (χ1) is 6.22. The summed E-state index contributed by atoms with van der Waals surface area (Å²) < 4.78 is 5.08. The molecular weight excluding hydrogens is 162 g/mol. The Morgan fingerprint density at radius 2 is 2.31 bits per heavy atom. The molecule has 1 atom stereocenters. The third-order valence-corrected chi connectivity index (χ3v) is 2.25. The molecule has 1 fully saturated rings. The molecule has 13 heavy (non-hydrogen) atoms. The van der Waals surface area contributed by atoms with Gasteiger partial charge in [-0.2, -0.15) is 0 Å². The van der Waals surface area contributed by atoms with E-state index in [1.165, 1.54) is 18.4 Å². The number of nitrogens with one attached hydrogen (secondary N) is 1. The zero-order chi connectivity index (χ0) is 9.68. The second kappa shape index (κ2) is 5.40. The highest BCUT2D eigenvalue weighted by molar-refractivity contribution is 5.03. The van der Waals surface area contributed by atoms with Crippen LogP contribution in [0.25, 0.3) is 0 Å². The molecule has 1 aliphatic rings. The molecule has 0 aromatic carbocycles. The standard InChI is InChI=1S/C11H21NO/c1-9(6-10(2)8-13-3)7-12-11-4-5-11/h6,10-12H,4-5,7-8H2,1-3H3/b9-6-. The van der Waals surface area contributed by atoms with Gasteiger partial charge in [0.05, 0.1) is 6.61 Å². The minimum atomic E-state index is 0.533. The van der Waals surface area contributed by atoms with Crippen LogP contribution in [0.1, 0.15) is 26.7 Å². The second-order valence-electron chi connectivity index (χ2n) is 4.10. The predicted molar refractivity (Wildman–Crippen MR) is 55.8 cm³/mol. The van der Waals surface area contributed by atoms with Crippen molar-refractivity contribution in [3.63, 3.8) is 0 Å². The van der Waals surface area contributed by atoms with Crippen LogP contribution in [-0.2, 0) is 4.74 Å². The van der Waals surface area contributed by atoms with Gasteiger partial charge in [-0.05, 0) is 25.7 Å². The fraction of sp³-hybridized carbons (Fsp3) is 0.818. The number of methoxy groups -OCH3 is 1. The quantitative estimate of drug-likeness (QED) is 0.636. The van der Waals surface area contributed by atoms with E-state index < -0.39 is 0 Å². The van der Waals surface area contributed by atoms with Crippen molar-refractivity contribution in [2.24, 2.45) is 5.92 Å². The smallest absolute Gasteiger partial charge is 0.0522 e. The van der Waals surface area contributed by atoms with Gasteiger partial charge in [-0.1, -0.05) is 18.6 Å². The first kappa shape index (κ1) is 10.7. The van der Waals surface area contributed by atoms with Crippen molar-refractivity contribution >= 4 is 0 Å². The van der Waals surface area contributed by atoms with Crippen LogP contribution in [-0.4, -0.2) is 26.3 Å². The van der Waals surface area contributed by atoms with E-state index in [0.29, 0.717) is 5.92 Å². The highest BCUT2D eigenvalue weighted by Gasteiger charge is 2.19. The number of rotatable bonds is 6. The molecule has 0 amide bonds. The van der Waals surface area contributed by atoms with Crippen LogP contribution < -0.4 is 5.32 Å². The molecule has 2 heteroatoms. The molecule has 1 unspecified atom stereocenters. The van der Waals surface area contributed by atoms with Crippen LogP contribution in [0.4, 0.5) is 0 Å². The summed E-state index contributed by atoms with van der Waals surface area (Å²) in [5, 5.41) is 3.49. The summed E-state index contributed by atoms with van der Waals surface area (Å²) in [6.07, 6.45) is 5.01. The molecule has 1 aliphatic carbocycles. The van der Waals surface area contributed by atoms with E-state index in [0.717, 1.165) is 19.2 Å². The molecule has 0 saturated heterocycles. The van der Waals surface area contributed by atoms with Crippen LogP contribution in [0.15, 0.2) is 11.6 Å². The Morgan fingerprint density at radius 3 is 2.85 bits per heavy atom. The highest BCUT2D eigenvalue weighted by Crippen LogP contribution is 2.18. The van der Waals surface area contributed by atoms with Gasteiger partial charge in [-0.15, -0.1) is 0 Å². The van der Waals surface area contributed by atoms with Crippen LogP contribution >= 0.6 is 0 Å². The Morgan fingerprint density at radius 1 is 1.62 bits per heavy atom. The fourth-order valence-corrected chi connectivity index (χ4v) is 1.45. The van der Waals surface area contributed by atoms with Crippen LogP contribution in [0.5, 0.6) is 0 Å². The first-order valence-corrected chi connectivity index (χ1v) is 5.12. The molecule has 0 radical (unpaired) electrons. The van der Waals surface area contributed by atoms with Gasteiger partial charge in [0.2, 0.25) is 0 Å². The van der Waals surface area contributed by atoms with Crippen molar-refractivity contribution in [2.75, 3.05) is 20.3 Å². The van der Waals surface area contributed by atoms with E-state index in [9.17, 15) is 0 Å². The second-order valence-corrected chi connectivity index (χ2v) is 4.10. The predicted octanol–water partition coefficient (Wildman–Crippen LogP) is 1.97. The number of hydrogen-bond donors (Lipinski definition) is 1. The van der Waals surface area contributed by atoms with E-state index in [4.69, 9.17) is 4.74 Å². The van der Waals surface area contributed by atoms with E-state index >= 15 is 0 Å². The van der Waals surface area contributed by atoms with Crippen molar-refractivity contribution in [2.45, 2.75) is 32.7 Å². The summed E-state index contributed by atoms with van der Waals surface area (Å²) in [5.74, 6) is 0.533. The lowest BCUT2D eigenvalue weighted by Crippen LogP contribution is -2.18. The molecule has 2 nitrogen and oxygen atoms in total. The van der Waals surface area contributed by atoms with Crippen molar-refractivity contribution in [3.8, 4) is 0 Å². The third kappa shape index (κ3) is 5.06. The molecular formula is C11H21NO. The largest absolute Gasteiger partial charge is 0.384 e. The number of hydrogen-bond acceptors (Lipinski definition) is 2. The lowest BCUT2D eigenvalue weighted by molar-refractivity contribution is 0.176. The van der Waals surface area contributed by atoms with E-state index in [1.807, 2.05) is 0 Å². The summed E-state index contributed by atoms with van der Waals surface area (Å²) in [7, 11) is 1.75. The molecule has 0 heterocycles. The summed E-state index contributed by atoms with van der Waals surface area (Å²) >= 11 is 0. The Hall–Kier alpha value is -0.340. The Balaban J connectivity index is 2.14. The lowest BCUT2D eigenvalue weighted by Gasteiger charge is -2.07. The average Bonchev–Trinajstić information content (AvgIpc) is 2.84. The van der Waals surface area contributed by atoms with Gasteiger partial charge in [0, 0.05) is 19.7 Å². The molecule has 1 saturated carbocycles. The average molecular weight is 183 g/mol. The fourth-order valence-electron chi connectivity index (χ4n) is 1.45. The maximum absolute atomic E-state index is 5.08. The zero-order valence-corrected chi connectivity index (χ0v) is 8.97. The Labute approximate surface area is 81.4 Å². The van der Waals surface area contributed by atoms with Crippen LogP contribution in [0.3, 0.4) is 0 Å². The van der Waals surface area contributed by atoms with Crippen molar-refractivity contribution in [1.29, 1.82) is 0 Å². The van der Waals surface area contributed by atoms with E-state index in [1.54, 1.807) is 7.11 Å². The van der Waals surface area contributed by atoms with E-state index in [2.05, 4.69) is 25.2 Å². The van der Waals surface area contributed by atoms with Gasteiger partial charge in [-0.25, -0.2) is 0 Å². The maximum Gasteiger partial charge on any atom is 0.0522 e. The topological polar surface area (TPSA) is 21.3 Å². The molecule has 76 valence electrons. The first-order valence-electron chi connectivity index (χ1n) is 5.12. The van der Waals surface area contributed by atoms with Crippen molar-refractivity contribution < 1.29 is 4.74 Å². The van der Waals surface area contributed by atoms with Gasteiger partial charge < -0.3 is 10.1 Å². The minimum Gasteiger partial charge on any atom is -0.384 e. The van der Waals surface area contributed by atoms with Crippen LogP contribution in [0.2, 0.25) is 0 Å². The molecule has 0 aliphatic heterocycles.